The number of aromatic nitrogens is 4. The second-order valence-corrected chi connectivity index (χ2v) is 7.29. The van der Waals surface area contributed by atoms with E-state index < -0.39 is 6.04 Å². The van der Waals surface area contributed by atoms with E-state index in [4.69, 9.17) is 5.73 Å². The lowest BCUT2D eigenvalue weighted by Crippen LogP contribution is -2.27. The summed E-state index contributed by atoms with van der Waals surface area (Å²) in [6, 6.07) is 5.98. The Labute approximate surface area is 151 Å². The van der Waals surface area contributed by atoms with Crippen molar-refractivity contribution in [2.24, 2.45) is 12.8 Å². The number of hydrogen-bond donors (Lipinski definition) is 3. The van der Waals surface area contributed by atoms with Crippen LogP contribution in [0.15, 0.2) is 30.5 Å². The molecule has 0 saturated heterocycles. The molecular formula is C18H24FN7. The summed E-state index contributed by atoms with van der Waals surface area (Å²) in [6.07, 6.45) is 1.73. The van der Waals surface area contributed by atoms with E-state index in [2.05, 4.69) is 46.5 Å². The predicted molar refractivity (Wildman–Crippen MR) is 101 cm³/mol. The SMILES string of the molecule is Cn1ncc2c(NC(C)(C)C)nc(NCC(N)c3ccccc3F)nc21. The van der Waals surface area contributed by atoms with Gasteiger partial charge in [-0.3, -0.25) is 4.68 Å². The number of halogens is 1. The average Bonchev–Trinajstić information content (AvgIpc) is 2.93. The number of anilines is 2. The van der Waals surface area contributed by atoms with Gasteiger partial charge < -0.3 is 16.4 Å². The molecule has 0 saturated carbocycles. The van der Waals surface area contributed by atoms with Crippen molar-refractivity contribution >= 4 is 22.8 Å². The predicted octanol–water partition coefficient (Wildman–Crippen LogP) is 2.82. The van der Waals surface area contributed by atoms with E-state index in [1.54, 1.807) is 29.1 Å². The van der Waals surface area contributed by atoms with Gasteiger partial charge >= 0.3 is 0 Å². The van der Waals surface area contributed by atoms with Crippen LogP contribution < -0.4 is 16.4 Å². The highest BCUT2D eigenvalue weighted by molar-refractivity contribution is 5.87. The number of aryl methyl sites for hydroxylation is 1. The lowest BCUT2D eigenvalue weighted by molar-refractivity contribution is 0.587. The molecule has 2 heterocycles. The van der Waals surface area contributed by atoms with Gasteiger partial charge in [-0.25, -0.2) is 4.39 Å². The summed E-state index contributed by atoms with van der Waals surface area (Å²) in [5, 5.41) is 11.6. The quantitative estimate of drug-likeness (QED) is 0.650. The van der Waals surface area contributed by atoms with Gasteiger partial charge in [-0.05, 0) is 26.8 Å². The molecule has 1 aromatic carbocycles. The van der Waals surface area contributed by atoms with E-state index in [0.29, 0.717) is 29.5 Å². The van der Waals surface area contributed by atoms with Crippen molar-refractivity contribution in [2.75, 3.05) is 17.2 Å². The number of nitrogens with one attached hydrogen (secondary N) is 2. The Morgan fingerprint density at radius 2 is 1.96 bits per heavy atom. The highest BCUT2D eigenvalue weighted by Gasteiger charge is 2.17. The Balaban J connectivity index is 1.86. The second-order valence-electron chi connectivity index (χ2n) is 7.29. The van der Waals surface area contributed by atoms with Crippen LogP contribution in [0.2, 0.25) is 0 Å². The molecule has 138 valence electrons. The lowest BCUT2D eigenvalue weighted by atomic mass is 10.1. The molecule has 0 bridgehead atoms. The summed E-state index contributed by atoms with van der Waals surface area (Å²) < 4.78 is 15.6. The molecule has 0 spiro atoms. The van der Waals surface area contributed by atoms with Crippen LogP contribution in [0.25, 0.3) is 11.0 Å². The van der Waals surface area contributed by atoms with E-state index in [1.165, 1.54) is 6.07 Å². The zero-order chi connectivity index (χ0) is 18.9. The molecule has 0 amide bonds. The molecule has 3 aromatic rings. The summed E-state index contributed by atoms with van der Waals surface area (Å²) in [6.45, 7) is 6.47. The number of rotatable bonds is 5. The van der Waals surface area contributed by atoms with Crippen LogP contribution in [-0.4, -0.2) is 31.8 Å². The van der Waals surface area contributed by atoms with E-state index in [0.717, 1.165) is 5.39 Å². The molecular weight excluding hydrogens is 333 g/mol. The Hall–Kier alpha value is -2.74. The molecule has 4 N–H and O–H groups in total. The largest absolute Gasteiger partial charge is 0.365 e. The third kappa shape index (κ3) is 3.91. The minimum absolute atomic E-state index is 0.169. The van der Waals surface area contributed by atoms with E-state index in [-0.39, 0.29) is 11.4 Å². The molecule has 0 fully saturated rings. The molecule has 1 unspecified atom stereocenters. The number of fused-ring (bicyclic) bond motifs is 1. The Morgan fingerprint density at radius 3 is 2.65 bits per heavy atom. The first-order valence-corrected chi connectivity index (χ1v) is 8.46. The topological polar surface area (TPSA) is 93.7 Å². The molecule has 0 aliphatic carbocycles. The first-order valence-electron chi connectivity index (χ1n) is 8.46. The van der Waals surface area contributed by atoms with Crippen molar-refractivity contribution in [2.45, 2.75) is 32.4 Å². The molecule has 2 aromatic heterocycles. The number of benzene rings is 1. The number of nitrogens with two attached hydrogens (primary N) is 1. The van der Waals surface area contributed by atoms with Crippen LogP contribution in [0.5, 0.6) is 0 Å². The third-order valence-electron chi connectivity index (χ3n) is 3.87. The average molecular weight is 357 g/mol. The molecule has 3 rings (SSSR count). The Morgan fingerprint density at radius 1 is 1.23 bits per heavy atom. The summed E-state index contributed by atoms with van der Waals surface area (Å²) in [5.41, 5.74) is 7.10. The van der Waals surface area contributed by atoms with Crippen LogP contribution >= 0.6 is 0 Å². The molecule has 26 heavy (non-hydrogen) atoms. The zero-order valence-corrected chi connectivity index (χ0v) is 15.4. The third-order valence-corrected chi connectivity index (χ3v) is 3.87. The van der Waals surface area contributed by atoms with Gasteiger partial charge in [0.05, 0.1) is 17.6 Å². The molecule has 0 radical (unpaired) electrons. The number of nitrogens with zero attached hydrogens (tertiary/aromatic N) is 4. The van der Waals surface area contributed by atoms with Gasteiger partial charge in [-0.15, -0.1) is 0 Å². The lowest BCUT2D eigenvalue weighted by Gasteiger charge is -2.22. The molecule has 8 heteroatoms. The van der Waals surface area contributed by atoms with Crippen molar-refractivity contribution in [1.82, 2.24) is 19.7 Å². The van der Waals surface area contributed by atoms with Crippen molar-refractivity contribution < 1.29 is 4.39 Å². The second kappa shape index (κ2) is 6.87. The fourth-order valence-corrected chi connectivity index (χ4v) is 2.64. The van der Waals surface area contributed by atoms with Gasteiger partial charge in [-0.1, -0.05) is 18.2 Å². The van der Waals surface area contributed by atoms with E-state index in [1.807, 2.05) is 7.05 Å². The van der Waals surface area contributed by atoms with Crippen LogP contribution in [0.3, 0.4) is 0 Å². The van der Waals surface area contributed by atoms with Gasteiger partial charge in [0.2, 0.25) is 5.95 Å². The minimum atomic E-state index is -0.513. The van der Waals surface area contributed by atoms with Gasteiger partial charge in [0.1, 0.15) is 11.6 Å². The van der Waals surface area contributed by atoms with Crippen molar-refractivity contribution in [3.05, 3.63) is 41.8 Å². The summed E-state index contributed by atoms with van der Waals surface area (Å²) in [4.78, 5) is 9.05. The van der Waals surface area contributed by atoms with Crippen LogP contribution in [0.1, 0.15) is 32.4 Å². The fraction of sp³-hybridized carbons (Fsp3) is 0.389. The highest BCUT2D eigenvalue weighted by Crippen LogP contribution is 2.24. The van der Waals surface area contributed by atoms with E-state index >= 15 is 0 Å². The van der Waals surface area contributed by atoms with Gasteiger partial charge in [0.15, 0.2) is 5.65 Å². The molecule has 0 aliphatic rings. The standard InChI is InChI=1S/C18H24FN7/c1-18(2,3)25-15-12-9-22-26(4)16(12)24-17(23-15)21-10-14(20)11-7-5-6-8-13(11)19/h5-9,14H,10,20H2,1-4H3,(H2,21,23,24,25). The normalized spacial score (nSPS) is 13.0. The maximum absolute atomic E-state index is 13.9. The maximum Gasteiger partial charge on any atom is 0.226 e. The monoisotopic (exact) mass is 357 g/mol. The first-order chi connectivity index (χ1) is 12.2. The summed E-state index contributed by atoms with van der Waals surface area (Å²) >= 11 is 0. The summed E-state index contributed by atoms with van der Waals surface area (Å²) in [5.74, 6) is 0.789. The van der Waals surface area contributed by atoms with E-state index in [9.17, 15) is 4.39 Å². The molecule has 1 atom stereocenters. The fourth-order valence-electron chi connectivity index (χ4n) is 2.64. The molecule has 7 nitrogen and oxygen atoms in total. The van der Waals surface area contributed by atoms with Crippen LogP contribution in [0.4, 0.5) is 16.2 Å². The van der Waals surface area contributed by atoms with Gasteiger partial charge in [-0.2, -0.15) is 15.1 Å². The van der Waals surface area contributed by atoms with Crippen molar-refractivity contribution in [1.29, 1.82) is 0 Å². The Bertz CT molecular complexity index is 914. The van der Waals surface area contributed by atoms with Gasteiger partial charge in [0.25, 0.3) is 0 Å². The van der Waals surface area contributed by atoms with Crippen LogP contribution in [-0.2, 0) is 7.05 Å². The van der Waals surface area contributed by atoms with Gasteiger partial charge in [0, 0.05) is 24.7 Å². The highest BCUT2D eigenvalue weighted by atomic mass is 19.1. The maximum atomic E-state index is 13.9. The van der Waals surface area contributed by atoms with Crippen LogP contribution in [0, 0.1) is 5.82 Å². The minimum Gasteiger partial charge on any atom is -0.365 e. The zero-order valence-electron chi connectivity index (χ0n) is 15.4. The summed E-state index contributed by atoms with van der Waals surface area (Å²) in [7, 11) is 1.82. The Kier molecular flexibility index (Phi) is 4.78. The van der Waals surface area contributed by atoms with Crippen molar-refractivity contribution in [3.8, 4) is 0 Å². The number of hydrogen-bond acceptors (Lipinski definition) is 6. The first kappa shape index (κ1) is 18.1. The van der Waals surface area contributed by atoms with Crippen molar-refractivity contribution in [3.63, 3.8) is 0 Å². The molecule has 0 aliphatic heterocycles. The smallest absolute Gasteiger partial charge is 0.226 e.